The van der Waals surface area contributed by atoms with Crippen LogP contribution in [-0.2, 0) is 22.6 Å². The number of hydrogen-bond donors (Lipinski definition) is 0. The van der Waals surface area contributed by atoms with Crippen LogP contribution in [0.4, 0.5) is 0 Å². The number of piperazine rings is 1. The minimum absolute atomic E-state index is 0.0418. The van der Waals surface area contributed by atoms with E-state index in [4.69, 9.17) is 0 Å². The standard InChI is InChI=1S/C18H20N8O2/c27-17(10-15-11-20-26(12-15)16-4-2-1-3-5-16)23-6-8-24(9-7-23)18(28)13-25-14-19-21-22-25/h1-5,11-12,14H,6-10,13H2. The van der Waals surface area contributed by atoms with Crippen LogP contribution in [-0.4, -0.2) is 77.8 Å². The molecule has 4 rings (SSSR count). The van der Waals surface area contributed by atoms with Crippen molar-refractivity contribution < 1.29 is 9.59 Å². The van der Waals surface area contributed by atoms with Gasteiger partial charge in [0.1, 0.15) is 12.9 Å². The van der Waals surface area contributed by atoms with E-state index >= 15 is 0 Å². The van der Waals surface area contributed by atoms with Crippen molar-refractivity contribution in [1.29, 1.82) is 0 Å². The number of nitrogens with zero attached hydrogens (tertiary/aromatic N) is 8. The molecular weight excluding hydrogens is 360 g/mol. The third kappa shape index (κ3) is 4.05. The minimum Gasteiger partial charge on any atom is -0.339 e. The van der Waals surface area contributed by atoms with Crippen LogP contribution in [0.1, 0.15) is 5.56 Å². The predicted molar refractivity (Wildman–Crippen MR) is 98.2 cm³/mol. The molecule has 3 aromatic rings. The molecule has 0 N–H and O–H groups in total. The van der Waals surface area contributed by atoms with Crippen LogP contribution in [0.5, 0.6) is 0 Å². The van der Waals surface area contributed by atoms with Crippen LogP contribution in [0.2, 0.25) is 0 Å². The monoisotopic (exact) mass is 380 g/mol. The van der Waals surface area contributed by atoms with E-state index in [1.807, 2.05) is 36.5 Å². The quantitative estimate of drug-likeness (QED) is 0.606. The number of hydrogen-bond acceptors (Lipinski definition) is 6. The van der Waals surface area contributed by atoms with Crippen molar-refractivity contribution in [2.24, 2.45) is 0 Å². The normalized spacial score (nSPS) is 14.3. The summed E-state index contributed by atoms with van der Waals surface area (Å²) in [6.45, 7) is 2.17. The zero-order valence-corrected chi connectivity index (χ0v) is 15.3. The molecule has 1 aromatic carbocycles. The highest BCUT2D eigenvalue weighted by atomic mass is 16.2. The third-order valence-electron chi connectivity index (χ3n) is 4.69. The fourth-order valence-electron chi connectivity index (χ4n) is 3.16. The Labute approximate surface area is 161 Å². The number of carbonyl (C=O) groups excluding carboxylic acids is 2. The van der Waals surface area contributed by atoms with Crippen LogP contribution in [0.3, 0.4) is 0 Å². The fraction of sp³-hybridized carbons (Fsp3) is 0.333. The first-order chi connectivity index (χ1) is 13.7. The summed E-state index contributed by atoms with van der Waals surface area (Å²) < 4.78 is 3.16. The van der Waals surface area contributed by atoms with Crippen molar-refractivity contribution in [1.82, 2.24) is 39.8 Å². The lowest BCUT2D eigenvalue weighted by molar-refractivity contribution is -0.139. The highest BCUT2D eigenvalue weighted by molar-refractivity contribution is 5.80. The summed E-state index contributed by atoms with van der Waals surface area (Å²) >= 11 is 0. The van der Waals surface area contributed by atoms with Gasteiger partial charge in [-0.15, -0.1) is 5.10 Å². The molecule has 2 amide bonds. The molecule has 0 radical (unpaired) electrons. The summed E-state index contributed by atoms with van der Waals surface area (Å²) in [7, 11) is 0. The fourth-order valence-corrected chi connectivity index (χ4v) is 3.16. The van der Waals surface area contributed by atoms with E-state index in [-0.39, 0.29) is 18.4 Å². The van der Waals surface area contributed by atoms with Crippen molar-refractivity contribution in [3.63, 3.8) is 0 Å². The summed E-state index contributed by atoms with van der Waals surface area (Å²) in [5.41, 5.74) is 1.82. The first kappa shape index (κ1) is 17.8. The lowest BCUT2D eigenvalue weighted by Crippen LogP contribution is -2.51. The second-order valence-corrected chi connectivity index (χ2v) is 6.57. The van der Waals surface area contributed by atoms with Crippen LogP contribution in [0.25, 0.3) is 5.69 Å². The molecule has 0 bridgehead atoms. The van der Waals surface area contributed by atoms with Crippen molar-refractivity contribution in [2.45, 2.75) is 13.0 Å². The lowest BCUT2D eigenvalue weighted by Gasteiger charge is -2.34. The molecule has 10 nitrogen and oxygen atoms in total. The van der Waals surface area contributed by atoms with Gasteiger partial charge in [0.15, 0.2) is 0 Å². The van der Waals surface area contributed by atoms with Gasteiger partial charge in [0.25, 0.3) is 0 Å². The molecule has 1 saturated heterocycles. The summed E-state index contributed by atoms with van der Waals surface area (Å²) in [6.07, 6.45) is 5.30. The van der Waals surface area contributed by atoms with Gasteiger partial charge in [-0.3, -0.25) is 9.59 Å². The van der Waals surface area contributed by atoms with E-state index in [2.05, 4.69) is 20.6 Å². The van der Waals surface area contributed by atoms with Gasteiger partial charge < -0.3 is 9.80 Å². The highest BCUT2D eigenvalue weighted by Gasteiger charge is 2.24. The van der Waals surface area contributed by atoms with Crippen molar-refractivity contribution in [3.05, 3.63) is 54.6 Å². The van der Waals surface area contributed by atoms with Crippen LogP contribution in [0, 0.1) is 0 Å². The van der Waals surface area contributed by atoms with Crippen LogP contribution in [0.15, 0.2) is 49.1 Å². The second kappa shape index (κ2) is 7.99. The van der Waals surface area contributed by atoms with Gasteiger partial charge in [0, 0.05) is 32.4 Å². The first-order valence-electron chi connectivity index (χ1n) is 9.04. The summed E-state index contributed by atoms with van der Waals surface area (Å²) in [5, 5.41) is 15.1. The largest absolute Gasteiger partial charge is 0.339 e. The van der Waals surface area contributed by atoms with E-state index in [1.54, 1.807) is 20.7 Å². The Morgan fingerprint density at radius 1 is 0.964 bits per heavy atom. The zero-order valence-electron chi connectivity index (χ0n) is 15.3. The molecule has 1 fully saturated rings. The molecular formula is C18H20N8O2. The molecule has 1 aliphatic heterocycles. The summed E-state index contributed by atoms with van der Waals surface area (Å²) in [5.74, 6) is -0.0104. The average Bonchev–Trinajstić information content (AvgIpc) is 3.41. The Bertz CT molecular complexity index is 930. The Kier molecular flexibility index (Phi) is 5.09. The molecule has 0 spiro atoms. The molecule has 144 valence electrons. The molecule has 0 saturated carbocycles. The van der Waals surface area contributed by atoms with E-state index in [1.165, 1.54) is 11.0 Å². The van der Waals surface area contributed by atoms with E-state index in [9.17, 15) is 9.59 Å². The number of carbonyl (C=O) groups is 2. The van der Waals surface area contributed by atoms with Gasteiger partial charge in [-0.1, -0.05) is 18.2 Å². The molecule has 2 aromatic heterocycles. The Hall–Kier alpha value is -3.56. The Balaban J connectivity index is 1.28. The highest BCUT2D eigenvalue weighted by Crippen LogP contribution is 2.10. The maximum Gasteiger partial charge on any atom is 0.244 e. The Morgan fingerprint density at radius 2 is 1.68 bits per heavy atom. The number of benzene rings is 1. The summed E-state index contributed by atoms with van der Waals surface area (Å²) in [4.78, 5) is 28.4. The Morgan fingerprint density at radius 3 is 2.36 bits per heavy atom. The van der Waals surface area contributed by atoms with Crippen molar-refractivity contribution >= 4 is 11.8 Å². The van der Waals surface area contributed by atoms with Gasteiger partial charge in [-0.25, -0.2) is 9.36 Å². The smallest absolute Gasteiger partial charge is 0.244 e. The first-order valence-corrected chi connectivity index (χ1v) is 9.04. The molecule has 1 aliphatic rings. The molecule has 0 aliphatic carbocycles. The zero-order chi connectivity index (χ0) is 19.3. The van der Waals surface area contributed by atoms with Gasteiger partial charge >= 0.3 is 0 Å². The van der Waals surface area contributed by atoms with Crippen LogP contribution >= 0.6 is 0 Å². The number of aromatic nitrogens is 6. The van der Waals surface area contributed by atoms with E-state index < -0.39 is 0 Å². The maximum atomic E-state index is 12.6. The van der Waals surface area contributed by atoms with Gasteiger partial charge in [-0.05, 0) is 28.1 Å². The topological polar surface area (TPSA) is 102 Å². The number of rotatable bonds is 5. The van der Waals surface area contributed by atoms with E-state index in [0.717, 1.165) is 11.3 Å². The second-order valence-electron chi connectivity index (χ2n) is 6.57. The average molecular weight is 380 g/mol. The van der Waals surface area contributed by atoms with Crippen LogP contribution < -0.4 is 0 Å². The van der Waals surface area contributed by atoms with Gasteiger partial charge in [0.05, 0.1) is 18.3 Å². The van der Waals surface area contributed by atoms with Gasteiger partial charge in [0.2, 0.25) is 11.8 Å². The summed E-state index contributed by atoms with van der Waals surface area (Å²) in [6, 6.07) is 9.77. The number of tetrazole rings is 1. The molecule has 10 heteroatoms. The molecule has 3 heterocycles. The predicted octanol–water partition coefficient (Wildman–Crippen LogP) is -0.228. The van der Waals surface area contributed by atoms with Gasteiger partial charge in [-0.2, -0.15) is 5.10 Å². The lowest BCUT2D eigenvalue weighted by atomic mass is 10.2. The van der Waals surface area contributed by atoms with Crippen molar-refractivity contribution in [2.75, 3.05) is 26.2 Å². The maximum absolute atomic E-state index is 12.6. The number of para-hydroxylation sites is 1. The third-order valence-corrected chi connectivity index (χ3v) is 4.69. The molecule has 0 atom stereocenters. The molecule has 0 unspecified atom stereocenters. The van der Waals surface area contributed by atoms with E-state index in [0.29, 0.717) is 32.6 Å². The molecule has 28 heavy (non-hydrogen) atoms. The van der Waals surface area contributed by atoms with Crippen molar-refractivity contribution in [3.8, 4) is 5.69 Å². The SMILES string of the molecule is O=C(Cc1cnn(-c2ccccc2)c1)N1CCN(C(=O)Cn2cnnn2)CC1. The minimum atomic E-state index is -0.0523. The number of amides is 2.